The summed E-state index contributed by atoms with van der Waals surface area (Å²) in [6.45, 7) is 2.23. The maximum absolute atomic E-state index is 14.5. The van der Waals surface area contributed by atoms with E-state index in [-0.39, 0.29) is 19.1 Å². The molecule has 214 valence electrons. The molecule has 3 atom stereocenters. The summed E-state index contributed by atoms with van der Waals surface area (Å²) < 4.78 is 0. The third-order valence-electron chi connectivity index (χ3n) is 7.91. The van der Waals surface area contributed by atoms with Gasteiger partial charge in [0.2, 0.25) is 5.91 Å². The number of hydrogen-bond acceptors (Lipinski definition) is 3. The fourth-order valence-corrected chi connectivity index (χ4v) is 5.64. The summed E-state index contributed by atoms with van der Waals surface area (Å²) in [6, 6.07) is 33.1. The Morgan fingerprint density at radius 1 is 0.714 bits per heavy atom. The van der Waals surface area contributed by atoms with E-state index in [4.69, 9.17) is 0 Å². The Hall–Kier alpha value is -4.91. The summed E-state index contributed by atoms with van der Waals surface area (Å²) in [6.07, 6.45) is 0.539. The molecular weight excluding hydrogens is 526 g/mol. The van der Waals surface area contributed by atoms with Crippen molar-refractivity contribution in [1.29, 1.82) is 0 Å². The number of nitrogens with zero attached hydrogens (tertiary/aromatic N) is 3. The number of aliphatic carboxylic acids is 1. The second-order valence-corrected chi connectivity index (χ2v) is 10.8. The van der Waals surface area contributed by atoms with Crippen molar-refractivity contribution in [3.8, 4) is 0 Å². The zero-order valence-corrected chi connectivity index (χ0v) is 23.8. The highest BCUT2D eigenvalue weighted by Crippen LogP contribution is 2.32. The average Bonchev–Trinajstić information content (AvgIpc) is 3.28. The summed E-state index contributed by atoms with van der Waals surface area (Å²) in [5.41, 5.74) is 4.73. The molecule has 1 N–H and O–H groups in total. The first kappa shape index (κ1) is 28.6. The van der Waals surface area contributed by atoms with Crippen LogP contribution in [-0.2, 0) is 29.1 Å². The molecular formula is C35H35N3O4. The molecule has 0 spiro atoms. The number of aryl methyl sites for hydroxylation is 1. The van der Waals surface area contributed by atoms with Crippen LogP contribution in [0.25, 0.3) is 0 Å². The molecule has 7 nitrogen and oxygen atoms in total. The summed E-state index contributed by atoms with van der Waals surface area (Å²) in [5, 5.41) is 10.5. The first-order chi connectivity index (χ1) is 20.3. The third kappa shape index (κ3) is 6.20. The quantitative estimate of drug-likeness (QED) is 0.270. The van der Waals surface area contributed by atoms with Crippen molar-refractivity contribution >= 4 is 17.9 Å². The van der Waals surface area contributed by atoms with Gasteiger partial charge in [-0.2, -0.15) is 0 Å². The van der Waals surface area contributed by atoms with Crippen LogP contribution in [0, 0.1) is 6.92 Å². The number of rotatable bonds is 10. The number of hydrogen-bond donors (Lipinski definition) is 1. The Bertz CT molecular complexity index is 1510. The third-order valence-corrected chi connectivity index (χ3v) is 7.91. The highest BCUT2D eigenvalue weighted by Gasteiger charge is 2.54. The van der Waals surface area contributed by atoms with E-state index in [1.54, 1.807) is 11.9 Å². The predicted molar refractivity (Wildman–Crippen MR) is 161 cm³/mol. The van der Waals surface area contributed by atoms with E-state index >= 15 is 0 Å². The van der Waals surface area contributed by atoms with Gasteiger partial charge in [-0.05, 0) is 35.6 Å². The fourth-order valence-electron chi connectivity index (χ4n) is 5.64. The zero-order valence-electron chi connectivity index (χ0n) is 23.8. The van der Waals surface area contributed by atoms with Gasteiger partial charge in [-0.3, -0.25) is 4.79 Å². The van der Waals surface area contributed by atoms with Crippen molar-refractivity contribution in [2.24, 2.45) is 0 Å². The number of carbonyl (C=O) groups excluding carboxylic acids is 2. The lowest BCUT2D eigenvalue weighted by molar-refractivity contribution is -0.148. The van der Waals surface area contributed by atoms with E-state index in [1.165, 1.54) is 9.80 Å². The van der Waals surface area contributed by atoms with Crippen LogP contribution in [0.4, 0.5) is 4.79 Å². The summed E-state index contributed by atoms with van der Waals surface area (Å²) >= 11 is 0. The second-order valence-electron chi connectivity index (χ2n) is 10.8. The summed E-state index contributed by atoms with van der Waals surface area (Å²) in [4.78, 5) is 45.7. The van der Waals surface area contributed by atoms with Crippen LogP contribution in [0.5, 0.6) is 0 Å². The van der Waals surface area contributed by atoms with Gasteiger partial charge >= 0.3 is 12.0 Å². The van der Waals surface area contributed by atoms with E-state index < -0.39 is 30.0 Å². The smallest absolute Gasteiger partial charge is 0.329 e. The lowest BCUT2D eigenvalue weighted by Crippen LogP contribution is -2.53. The Balaban J connectivity index is 1.53. The molecule has 0 radical (unpaired) electrons. The van der Waals surface area contributed by atoms with Crippen molar-refractivity contribution in [2.45, 2.75) is 44.6 Å². The van der Waals surface area contributed by atoms with E-state index in [0.29, 0.717) is 6.42 Å². The maximum atomic E-state index is 14.5. The van der Waals surface area contributed by atoms with Gasteiger partial charge in [0.05, 0.1) is 6.04 Å². The molecule has 3 amide bonds. The highest BCUT2D eigenvalue weighted by atomic mass is 16.4. The van der Waals surface area contributed by atoms with Gasteiger partial charge < -0.3 is 19.8 Å². The first-order valence-electron chi connectivity index (χ1n) is 14.1. The van der Waals surface area contributed by atoms with E-state index in [2.05, 4.69) is 0 Å². The normalized spacial score (nSPS) is 17.2. The van der Waals surface area contributed by atoms with Crippen molar-refractivity contribution in [1.82, 2.24) is 14.7 Å². The monoisotopic (exact) mass is 561 g/mol. The molecule has 1 saturated heterocycles. The van der Waals surface area contributed by atoms with Gasteiger partial charge in [0.25, 0.3) is 0 Å². The van der Waals surface area contributed by atoms with Gasteiger partial charge in [0, 0.05) is 20.1 Å². The van der Waals surface area contributed by atoms with Crippen molar-refractivity contribution in [3.05, 3.63) is 143 Å². The van der Waals surface area contributed by atoms with Crippen molar-refractivity contribution in [3.63, 3.8) is 0 Å². The molecule has 1 aliphatic heterocycles. The van der Waals surface area contributed by atoms with Crippen LogP contribution in [0.15, 0.2) is 115 Å². The Morgan fingerprint density at radius 3 is 1.69 bits per heavy atom. The number of urea groups is 1. The van der Waals surface area contributed by atoms with E-state index in [9.17, 15) is 19.5 Å². The SMILES string of the molecule is Cc1ccc(CC(c2ccccc2)N(C)C(=O)[C@@H]2[C@H](C(=O)O)N(Cc3ccccc3)C(=O)N2Cc2ccccc2)cc1. The van der Waals surface area contributed by atoms with Crippen LogP contribution < -0.4 is 0 Å². The average molecular weight is 562 g/mol. The first-order valence-corrected chi connectivity index (χ1v) is 14.1. The molecule has 0 aliphatic carbocycles. The maximum Gasteiger partial charge on any atom is 0.329 e. The standard InChI is InChI=1S/C35H35N3O4/c1-25-18-20-26(21-19-25)22-30(29-16-10-5-11-17-29)36(2)33(39)31-32(34(40)41)38(24-28-14-8-4-9-15-28)35(42)37(31)23-27-12-6-3-7-13-27/h3-21,30-32H,22-24H2,1-2H3,(H,40,41)/t30?,31-,32+/m0/s1. The molecule has 7 heteroatoms. The van der Waals surface area contributed by atoms with E-state index in [0.717, 1.165) is 27.8 Å². The second kappa shape index (κ2) is 12.7. The Morgan fingerprint density at radius 2 is 1.19 bits per heavy atom. The fraction of sp³-hybridized carbons (Fsp3) is 0.229. The van der Waals surface area contributed by atoms with Crippen molar-refractivity contribution in [2.75, 3.05) is 7.05 Å². The predicted octanol–water partition coefficient (Wildman–Crippen LogP) is 5.70. The summed E-state index contributed by atoms with van der Waals surface area (Å²) in [7, 11) is 1.71. The molecule has 5 rings (SSSR count). The molecule has 4 aromatic rings. The van der Waals surface area contributed by atoms with Gasteiger partial charge in [-0.15, -0.1) is 0 Å². The molecule has 0 aromatic heterocycles. The lowest BCUT2D eigenvalue weighted by Gasteiger charge is -2.34. The highest BCUT2D eigenvalue weighted by molar-refractivity contribution is 5.98. The van der Waals surface area contributed by atoms with Crippen LogP contribution in [-0.4, -0.2) is 56.8 Å². The largest absolute Gasteiger partial charge is 0.480 e. The number of carboxylic acid groups (broad SMARTS) is 1. The van der Waals surface area contributed by atoms with Crippen molar-refractivity contribution < 1.29 is 19.5 Å². The van der Waals surface area contributed by atoms with Gasteiger partial charge in [-0.25, -0.2) is 9.59 Å². The molecule has 42 heavy (non-hydrogen) atoms. The van der Waals surface area contributed by atoms with Gasteiger partial charge in [0.15, 0.2) is 6.04 Å². The minimum absolute atomic E-state index is 0.0842. The number of benzene rings is 4. The molecule has 1 aliphatic rings. The number of amides is 3. The van der Waals surface area contributed by atoms with Crippen LogP contribution in [0.3, 0.4) is 0 Å². The molecule has 1 unspecified atom stereocenters. The van der Waals surface area contributed by atoms with Crippen LogP contribution in [0.2, 0.25) is 0 Å². The zero-order chi connectivity index (χ0) is 29.6. The minimum atomic E-state index is -1.35. The molecule has 0 saturated carbocycles. The van der Waals surface area contributed by atoms with Crippen LogP contribution in [0.1, 0.15) is 33.9 Å². The lowest BCUT2D eigenvalue weighted by atomic mass is 9.95. The topological polar surface area (TPSA) is 81.2 Å². The summed E-state index contributed by atoms with van der Waals surface area (Å²) in [5.74, 6) is -1.63. The number of likely N-dealkylation sites (N-methyl/N-ethyl adjacent to an activating group) is 1. The Labute approximate surface area is 246 Å². The number of carbonyl (C=O) groups is 3. The molecule has 4 aromatic carbocycles. The van der Waals surface area contributed by atoms with E-state index in [1.807, 2.05) is 122 Å². The molecule has 1 heterocycles. The molecule has 0 bridgehead atoms. The van der Waals surface area contributed by atoms with Gasteiger partial charge in [-0.1, -0.05) is 121 Å². The van der Waals surface area contributed by atoms with Crippen LogP contribution >= 0.6 is 0 Å². The van der Waals surface area contributed by atoms with Gasteiger partial charge in [0.1, 0.15) is 6.04 Å². The number of carboxylic acids is 1. The Kier molecular flexibility index (Phi) is 8.67. The molecule has 1 fully saturated rings. The minimum Gasteiger partial charge on any atom is -0.480 e.